The van der Waals surface area contributed by atoms with Crippen LogP contribution in [-0.4, -0.2) is 34.8 Å². The zero-order valence-corrected chi connectivity index (χ0v) is 10.4. The van der Waals surface area contributed by atoms with Crippen molar-refractivity contribution < 1.29 is 24.5 Å². The van der Waals surface area contributed by atoms with Crippen LogP contribution in [0, 0.1) is 0 Å². The van der Waals surface area contributed by atoms with Crippen molar-refractivity contribution in [2.75, 3.05) is 6.61 Å². The lowest BCUT2D eigenvalue weighted by Gasteiger charge is -2.16. The Bertz CT molecular complexity index is 446. The molecule has 0 aliphatic heterocycles. The number of benzene rings is 1. The predicted octanol–water partition coefficient (Wildman–Crippen LogP) is -0.752. The van der Waals surface area contributed by atoms with Gasteiger partial charge >= 0.3 is 5.97 Å². The van der Waals surface area contributed by atoms with Crippen LogP contribution in [0.3, 0.4) is 0 Å². The molecule has 0 aromatic heterocycles. The maximum absolute atomic E-state index is 11.3. The number of nitrogens with two attached hydrogens (primary N) is 1. The standard InChI is InChI=1S/C12H16N2O5/c1-2-19-12(18)10(16)9(15)7-3-5-8(6-4-7)11(17)14-13/h3-6,9-10,15-16H,2,13H2,1H3,(H,14,17). The third-order valence-corrected chi connectivity index (χ3v) is 2.47. The molecule has 2 unspecified atom stereocenters. The fourth-order valence-corrected chi connectivity index (χ4v) is 1.45. The minimum atomic E-state index is -1.67. The summed E-state index contributed by atoms with van der Waals surface area (Å²) >= 11 is 0. The van der Waals surface area contributed by atoms with Crippen molar-refractivity contribution in [3.63, 3.8) is 0 Å². The average Bonchev–Trinajstić information content (AvgIpc) is 2.45. The van der Waals surface area contributed by atoms with Gasteiger partial charge in [0.2, 0.25) is 0 Å². The predicted molar refractivity (Wildman–Crippen MR) is 65.7 cm³/mol. The van der Waals surface area contributed by atoms with Gasteiger partial charge in [0.15, 0.2) is 6.10 Å². The smallest absolute Gasteiger partial charge is 0.338 e. The number of carbonyl (C=O) groups is 2. The van der Waals surface area contributed by atoms with Crippen LogP contribution in [0.5, 0.6) is 0 Å². The minimum absolute atomic E-state index is 0.109. The van der Waals surface area contributed by atoms with E-state index in [2.05, 4.69) is 4.74 Å². The van der Waals surface area contributed by atoms with Gasteiger partial charge in [-0.3, -0.25) is 10.2 Å². The van der Waals surface area contributed by atoms with Crippen molar-refractivity contribution in [3.05, 3.63) is 35.4 Å². The monoisotopic (exact) mass is 268 g/mol. The molecule has 0 aliphatic rings. The molecule has 0 saturated heterocycles. The zero-order valence-electron chi connectivity index (χ0n) is 10.4. The Morgan fingerprint density at radius 1 is 1.32 bits per heavy atom. The van der Waals surface area contributed by atoms with E-state index >= 15 is 0 Å². The first-order chi connectivity index (χ1) is 9.01. The SMILES string of the molecule is CCOC(=O)C(O)C(O)c1ccc(C(=O)NN)cc1. The fraction of sp³-hybridized carbons (Fsp3) is 0.333. The maximum Gasteiger partial charge on any atom is 0.338 e. The summed E-state index contributed by atoms with van der Waals surface area (Å²) in [7, 11) is 0. The molecule has 0 fully saturated rings. The minimum Gasteiger partial charge on any atom is -0.464 e. The van der Waals surface area contributed by atoms with E-state index in [-0.39, 0.29) is 12.2 Å². The molecule has 0 heterocycles. The molecule has 2 atom stereocenters. The molecule has 5 N–H and O–H groups in total. The molecule has 104 valence electrons. The van der Waals surface area contributed by atoms with Crippen LogP contribution < -0.4 is 11.3 Å². The lowest BCUT2D eigenvalue weighted by Crippen LogP contribution is -2.31. The molecule has 0 radical (unpaired) electrons. The number of carbonyl (C=O) groups excluding carboxylic acids is 2. The van der Waals surface area contributed by atoms with Gasteiger partial charge in [0.05, 0.1) is 6.61 Å². The first-order valence-corrected chi connectivity index (χ1v) is 5.65. The number of esters is 1. The first kappa shape index (κ1) is 15.1. The number of hydrazine groups is 1. The van der Waals surface area contributed by atoms with E-state index in [1.165, 1.54) is 24.3 Å². The van der Waals surface area contributed by atoms with Crippen LogP contribution in [0.2, 0.25) is 0 Å². The van der Waals surface area contributed by atoms with Gasteiger partial charge in [-0.15, -0.1) is 0 Å². The lowest BCUT2D eigenvalue weighted by atomic mass is 10.0. The zero-order chi connectivity index (χ0) is 14.4. The summed E-state index contributed by atoms with van der Waals surface area (Å²) in [6.45, 7) is 1.70. The fourth-order valence-electron chi connectivity index (χ4n) is 1.45. The Morgan fingerprint density at radius 2 is 1.89 bits per heavy atom. The van der Waals surface area contributed by atoms with Crippen molar-refractivity contribution in [1.82, 2.24) is 5.43 Å². The molecular weight excluding hydrogens is 252 g/mol. The number of amides is 1. The number of hydrogen-bond acceptors (Lipinski definition) is 6. The van der Waals surface area contributed by atoms with Crippen LogP contribution in [0.1, 0.15) is 28.9 Å². The van der Waals surface area contributed by atoms with E-state index in [0.717, 1.165) is 0 Å². The topological polar surface area (TPSA) is 122 Å². The molecule has 19 heavy (non-hydrogen) atoms. The summed E-state index contributed by atoms with van der Waals surface area (Å²) in [4.78, 5) is 22.5. The molecule has 0 aliphatic carbocycles. The normalized spacial score (nSPS) is 13.5. The van der Waals surface area contributed by atoms with Crippen LogP contribution in [-0.2, 0) is 9.53 Å². The highest BCUT2D eigenvalue weighted by molar-refractivity contribution is 5.93. The molecule has 7 nitrogen and oxygen atoms in total. The van der Waals surface area contributed by atoms with Crippen molar-refractivity contribution in [2.45, 2.75) is 19.1 Å². The van der Waals surface area contributed by atoms with E-state index in [1.54, 1.807) is 6.92 Å². The highest BCUT2D eigenvalue weighted by atomic mass is 16.5. The Labute approximate surface area is 110 Å². The van der Waals surface area contributed by atoms with E-state index < -0.39 is 24.1 Å². The maximum atomic E-state index is 11.3. The van der Waals surface area contributed by atoms with Crippen LogP contribution in [0.15, 0.2) is 24.3 Å². The summed E-state index contributed by atoms with van der Waals surface area (Å²) in [6.07, 6.45) is -3.09. The third kappa shape index (κ3) is 3.75. The number of nitrogens with one attached hydrogen (secondary N) is 1. The van der Waals surface area contributed by atoms with Gasteiger partial charge in [-0.25, -0.2) is 10.6 Å². The van der Waals surface area contributed by atoms with Crippen molar-refractivity contribution in [2.24, 2.45) is 5.84 Å². The number of rotatable bonds is 5. The molecule has 1 amide bonds. The van der Waals surface area contributed by atoms with Gasteiger partial charge in [-0.1, -0.05) is 12.1 Å². The van der Waals surface area contributed by atoms with Gasteiger partial charge in [-0.2, -0.15) is 0 Å². The first-order valence-electron chi connectivity index (χ1n) is 5.65. The highest BCUT2D eigenvalue weighted by Gasteiger charge is 2.26. The molecule has 0 bridgehead atoms. The van der Waals surface area contributed by atoms with E-state index in [4.69, 9.17) is 5.84 Å². The third-order valence-electron chi connectivity index (χ3n) is 2.47. The number of nitrogen functional groups attached to an aromatic ring is 1. The Morgan fingerprint density at radius 3 is 2.37 bits per heavy atom. The Kier molecular flexibility index (Phi) is 5.43. The summed E-state index contributed by atoms with van der Waals surface area (Å²) in [5.41, 5.74) is 2.54. The highest BCUT2D eigenvalue weighted by Crippen LogP contribution is 2.18. The van der Waals surface area contributed by atoms with Crippen molar-refractivity contribution in [3.8, 4) is 0 Å². The molecule has 1 aromatic rings. The van der Waals surface area contributed by atoms with E-state index in [9.17, 15) is 19.8 Å². The molecule has 1 rings (SSSR count). The quantitative estimate of drug-likeness (QED) is 0.241. The van der Waals surface area contributed by atoms with E-state index in [1.807, 2.05) is 5.43 Å². The van der Waals surface area contributed by atoms with Crippen LogP contribution in [0.25, 0.3) is 0 Å². The second-order valence-electron chi connectivity index (χ2n) is 3.74. The number of hydrogen-bond donors (Lipinski definition) is 4. The summed E-state index contributed by atoms with van der Waals surface area (Å²) in [6, 6.07) is 5.66. The van der Waals surface area contributed by atoms with Gasteiger partial charge in [0.1, 0.15) is 6.10 Å². The number of ether oxygens (including phenoxy) is 1. The molecule has 0 saturated carbocycles. The number of aliphatic hydroxyl groups is 2. The largest absolute Gasteiger partial charge is 0.464 e. The molecule has 7 heteroatoms. The van der Waals surface area contributed by atoms with Gasteiger partial charge < -0.3 is 14.9 Å². The van der Waals surface area contributed by atoms with Crippen molar-refractivity contribution >= 4 is 11.9 Å². The second kappa shape index (κ2) is 6.83. The second-order valence-corrected chi connectivity index (χ2v) is 3.74. The lowest BCUT2D eigenvalue weighted by molar-refractivity contribution is -0.159. The molecule has 0 spiro atoms. The van der Waals surface area contributed by atoms with Gasteiger partial charge in [-0.05, 0) is 24.6 Å². The van der Waals surface area contributed by atoms with Crippen LogP contribution >= 0.6 is 0 Å². The van der Waals surface area contributed by atoms with Gasteiger partial charge in [0.25, 0.3) is 5.91 Å². The average molecular weight is 268 g/mol. The number of aliphatic hydroxyl groups excluding tert-OH is 2. The Hall–Kier alpha value is -1.96. The van der Waals surface area contributed by atoms with E-state index in [0.29, 0.717) is 5.56 Å². The summed E-state index contributed by atoms with van der Waals surface area (Å²) in [5, 5.41) is 19.4. The summed E-state index contributed by atoms with van der Waals surface area (Å²) in [5.74, 6) is 3.59. The van der Waals surface area contributed by atoms with Crippen molar-refractivity contribution in [1.29, 1.82) is 0 Å². The van der Waals surface area contributed by atoms with Gasteiger partial charge in [0, 0.05) is 5.56 Å². The summed E-state index contributed by atoms with van der Waals surface area (Å²) < 4.78 is 4.60. The molecular formula is C12H16N2O5. The van der Waals surface area contributed by atoms with Crippen LogP contribution in [0.4, 0.5) is 0 Å². The molecule has 1 aromatic carbocycles. The Balaban J connectivity index is 2.80.